The number of hydrogen-bond acceptors (Lipinski definition) is 7. The molecule has 20 heavy (non-hydrogen) atoms. The Labute approximate surface area is 122 Å². The van der Waals surface area contributed by atoms with Gasteiger partial charge < -0.3 is 32.8 Å². The molecule has 8 nitrogen and oxygen atoms in total. The van der Waals surface area contributed by atoms with Crippen LogP contribution in [0.3, 0.4) is 0 Å². The van der Waals surface area contributed by atoms with Crippen LogP contribution in [0.25, 0.3) is 0 Å². The maximum absolute atomic E-state index is 8.56. The zero-order chi connectivity index (χ0) is 15.5. The lowest BCUT2D eigenvalue weighted by Crippen LogP contribution is -2.12. The molecule has 0 amide bonds. The zero-order valence-corrected chi connectivity index (χ0v) is 12.9. The predicted molar refractivity (Wildman–Crippen MR) is 72.4 cm³/mol. The lowest BCUT2D eigenvalue weighted by Gasteiger charge is -2.06. The van der Waals surface area contributed by atoms with Gasteiger partial charge in [0.15, 0.2) is 0 Å². The van der Waals surface area contributed by atoms with Crippen LogP contribution < -0.4 is 0 Å². The van der Waals surface area contributed by atoms with Gasteiger partial charge in [-0.2, -0.15) is 0 Å². The molecule has 0 aromatic rings. The molecule has 0 aromatic carbocycles. The van der Waals surface area contributed by atoms with E-state index < -0.39 is 11.4 Å². The topological polar surface area (TPSA) is 107 Å². The first-order valence-electron chi connectivity index (χ1n) is 6.23. The van der Waals surface area contributed by atoms with Crippen LogP contribution in [0, 0.1) is 0 Å². The van der Waals surface area contributed by atoms with E-state index in [2.05, 4.69) is 0 Å². The monoisotopic (exact) mass is 317 g/mol. The summed E-state index contributed by atoms with van der Waals surface area (Å²) in [6, 6.07) is 0. The predicted octanol–water partition coefficient (Wildman–Crippen LogP) is 0.0576. The molecule has 0 aromatic heterocycles. The minimum Gasteiger partial charge on any atom is -0.750 e. The van der Waals surface area contributed by atoms with Crippen molar-refractivity contribution in [2.45, 2.75) is 6.92 Å². The van der Waals surface area contributed by atoms with E-state index in [-0.39, 0.29) is 0 Å². The molecule has 0 saturated carbocycles. The third-order valence-electron chi connectivity index (χ3n) is 1.75. The average Bonchev–Trinajstić information content (AvgIpc) is 2.39. The van der Waals surface area contributed by atoms with Crippen molar-refractivity contribution in [1.29, 1.82) is 0 Å². The van der Waals surface area contributed by atoms with Crippen molar-refractivity contribution in [2.24, 2.45) is 0 Å². The van der Waals surface area contributed by atoms with Crippen molar-refractivity contribution in [2.75, 3.05) is 66.6 Å². The molecule has 0 bridgehead atoms. The lowest BCUT2D eigenvalue weighted by atomic mass is 10.7. The molecule has 0 rings (SSSR count). The number of hydrogen-bond donors (Lipinski definition) is 1. The molecule has 0 saturated heterocycles. The Morgan fingerprint density at radius 1 is 0.850 bits per heavy atom. The van der Waals surface area contributed by atoms with Crippen LogP contribution in [0.5, 0.6) is 0 Å². The second-order valence-corrected chi connectivity index (χ2v) is 3.68. The number of ether oxygens (including phenoxy) is 5. The number of methoxy groups -OCH3 is 1. The van der Waals surface area contributed by atoms with E-state index in [4.69, 9.17) is 37.0 Å². The largest absolute Gasteiger partial charge is 0.750 e. The van der Waals surface area contributed by atoms with E-state index in [9.17, 15) is 0 Å². The molecule has 0 fully saturated rings. The van der Waals surface area contributed by atoms with Crippen molar-refractivity contribution in [1.82, 2.24) is 0 Å². The highest BCUT2D eigenvalue weighted by atomic mass is 32.2. The molecule has 1 unspecified atom stereocenters. The highest BCUT2D eigenvalue weighted by molar-refractivity contribution is 7.73. The van der Waals surface area contributed by atoms with Gasteiger partial charge in [0.25, 0.3) is 0 Å². The van der Waals surface area contributed by atoms with Crippen molar-refractivity contribution in [3.63, 3.8) is 0 Å². The fraction of sp³-hybridized carbons (Fsp3) is 1.00. The Morgan fingerprint density at radius 2 is 1.15 bits per heavy atom. The van der Waals surface area contributed by atoms with Crippen LogP contribution in [0.2, 0.25) is 0 Å². The minimum absolute atomic E-state index is 0.596. The SMILES string of the molecule is CCOCCOCCOCCOCCOC.O=S([O-])O. The molecule has 1 atom stereocenters. The molecule has 0 aliphatic rings. The molecular weight excluding hydrogens is 292 g/mol. The smallest absolute Gasteiger partial charge is 0.0814 e. The summed E-state index contributed by atoms with van der Waals surface area (Å²) >= 11 is -2.86. The second-order valence-electron chi connectivity index (χ2n) is 3.24. The fourth-order valence-corrected chi connectivity index (χ4v) is 0.946. The molecular formula is C11H25O8S-. The average molecular weight is 317 g/mol. The molecule has 0 aliphatic carbocycles. The van der Waals surface area contributed by atoms with Gasteiger partial charge in [0.2, 0.25) is 0 Å². The highest BCUT2D eigenvalue weighted by Crippen LogP contribution is 1.82. The summed E-state index contributed by atoms with van der Waals surface area (Å²) in [6.07, 6.45) is 0. The molecule has 124 valence electrons. The van der Waals surface area contributed by atoms with Gasteiger partial charge in [-0.3, -0.25) is 0 Å². The molecule has 0 heterocycles. The first-order valence-corrected chi connectivity index (χ1v) is 7.26. The van der Waals surface area contributed by atoms with Crippen LogP contribution in [-0.4, -0.2) is 79.9 Å². The normalized spacial score (nSPS) is 11.8. The van der Waals surface area contributed by atoms with Crippen LogP contribution in [-0.2, 0) is 35.0 Å². The van der Waals surface area contributed by atoms with Crippen molar-refractivity contribution >= 4 is 11.4 Å². The first-order chi connectivity index (χ1) is 9.65. The van der Waals surface area contributed by atoms with Gasteiger partial charge in [-0.1, -0.05) is 0 Å². The zero-order valence-electron chi connectivity index (χ0n) is 12.1. The van der Waals surface area contributed by atoms with E-state index in [0.29, 0.717) is 52.9 Å². The summed E-state index contributed by atoms with van der Waals surface area (Å²) in [6.45, 7) is 7.61. The Morgan fingerprint density at radius 3 is 1.45 bits per heavy atom. The quantitative estimate of drug-likeness (QED) is 0.375. The van der Waals surface area contributed by atoms with Gasteiger partial charge in [-0.05, 0) is 6.92 Å². The van der Waals surface area contributed by atoms with Gasteiger partial charge in [0, 0.05) is 13.7 Å². The van der Waals surface area contributed by atoms with Gasteiger partial charge in [-0.25, -0.2) is 4.21 Å². The van der Waals surface area contributed by atoms with Gasteiger partial charge in [-0.15, -0.1) is 0 Å². The van der Waals surface area contributed by atoms with E-state index in [1.165, 1.54) is 0 Å². The standard InChI is InChI=1S/C11H24O5.H2O3S/c1-3-13-6-7-15-10-11-16-9-8-14-5-4-12-2;1-4(2)3/h3-11H2,1-2H3;(H2,1,2,3)/p-1. The summed E-state index contributed by atoms with van der Waals surface area (Å²) in [5, 5.41) is 0. The van der Waals surface area contributed by atoms with E-state index in [1.54, 1.807) is 7.11 Å². The van der Waals surface area contributed by atoms with Crippen molar-refractivity contribution in [3.8, 4) is 0 Å². The Balaban J connectivity index is 0. The molecule has 0 aliphatic heterocycles. The summed E-state index contributed by atoms with van der Waals surface area (Å²) in [5.41, 5.74) is 0. The van der Waals surface area contributed by atoms with Crippen LogP contribution in [0.15, 0.2) is 0 Å². The van der Waals surface area contributed by atoms with E-state index in [1.807, 2.05) is 6.92 Å². The Kier molecular flexibility index (Phi) is 23.5. The third kappa shape index (κ3) is 30.7. The van der Waals surface area contributed by atoms with Crippen LogP contribution >= 0.6 is 0 Å². The Bertz CT molecular complexity index is 175. The van der Waals surface area contributed by atoms with Gasteiger partial charge >= 0.3 is 0 Å². The second kappa shape index (κ2) is 21.2. The summed E-state index contributed by atoms with van der Waals surface area (Å²) in [5.74, 6) is 0. The molecule has 9 heteroatoms. The molecule has 0 spiro atoms. The Hall–Kier alpha value is -0.130. The molecule has 1 N–H and O–H groups in total. The van der Waals surface area contributed by atoms with Crippen LogP contribution in [0.4, 0.5) is 0 Å². The summed E-state index contributed by atoms with van der Waals surface area (Å²) in [7, 11) is 1.65. The summed E-state index contributed by atoms with van der Waals surface area (Å²) in [4.78, 5) is 0. The third-order valence-corrected chi connectivity index (χ3v) is 1.75. The van der Waals surface area contributed by atoms with Crippen molar-refractivity contribution in [3.05, 3.63) is 0 Å². The fourth-order valence-electron chi connectivity index (χ4n) is 0.946. The van der Waals surface area contributed by atoms with Gasteiger partial charge in [0.1, 0.15) is 0 Å². The number of rotatable bonds is 13. The van der Waals surface area contributed by atoms with Crippen LogP contribution in [0.1, 0.15) is 6.92 Å². The summed E-state index contributed by atoms with van der Waals surface area (Å²) < 4.78 is 49.8. The van der Waals surface area contributed by atoms with E-state index >= 15 is 0 Å². The van der Waals surface area contributed by atoms with Gasteiger partial charge in [0.05, 0.1) is 64.2 Å². The highest BCUT2D eigenvalue weighted by Gasteiger charge is 1.91. The van der Waals surface area contributed by atoms with E-state index in [0.717, 1.165) is 6.61 Å². The lowest BCUT2D eigenvalue weighted by molar-refractivity contribution is -0.00678. The maximum atomic E-state index is 8.56. The molecule has 0 radical (unpaired) electrons. The van der Waals surface area contributed by atoms with Crippen molar-refractivity contribution < 1.29 is 37.0 Å². The maximum Gasteiger partial charge on any atom is 0.0814 e. The first kappa shape index (κ1) is 22.2. The minimum atomic E-state index is -2.86.